The number of halogens is 1. The van der Waals surface area contributed by atoms with Gasteiger partial charge >= 0.3 is 5.97 Å². The third kappa shape index (κ3) is 2.48. The Hall–Kier alpha value is -1.36. The number of nitrogens with zero attached hydrogens (tertiary/aromatic N) is 1. The van der Waals surface area contributed by atoms with Crippen molar-refractivity contribution in [3.8, 4) is 0 Å². The van der Waals surface area contributed by atoms with Crippen LogP contribution < -0.4 is 0 Å². The van der Waals surface area contributed by atoms with Gasteiger partial charge in [0.2, 0.25) is 0 Å². The van der Waals surface area contributed by atoms with Crippen LogP contribution in [0.15, 0.2) is 22.7 Å². The van der Waals surface area contributed by atoms with Gasteiger partial charge in [-0.15, -0.1) is 0 Å². The smallest absolute Gasteiger partial charge is 0.307 e. The molecule has 1 unspecified atom stereocenters. The molecule has 1 atom stereocenters. The molecule has 2 fully saturated rings. The summed E-state index contributed by atoms with van der Waals surface area (Å²) >= 11 is 3.49. The molecule has 0 radical (unpaired) electrons. The molecule has 2 aliphatic rings. The number of likely N-dealkylation sites (tertiary alicyclic amines) is 1. The highest BCUT2D eigenvalue weighted by molar-refractivity contribution is 9.10. The van der Waals surface area contributed by atoms with Gasteiger partial charge in [0.15, 0.2) is 0 Å². The number of carbonyl (C=O) groups is 2. The largest absolute Gasteiger partial charge is 0.481 e. The molecule has 1 heterocycles. The van der Waals surface area contributed by atoms with Crippen molar-refractivity contribution >= 4 is 27.8 Å². The number of amides is 1. The third-order valence-corrected chi connectivity index (χ3v) is 6.01. The van der Waals surface area contributed by atoms with Gasteiger partial charge in [0.1, 0.15) is 0 Å². The van der Waals surface area contributed by atoms with Crippen LogP contribution in [0.1, 0.15) is 35.2 Å². The molecule has 1 amide bonds. The van der Waals surface area contributed by atoms with Crippen molar-refractivity contribution in [2.75, 3.05) is 13.1 Å². The number of aryl methyl sites for hydroxylation is 1. The lowest BCUT2D eigenvalue weighted by atomic mass is 9.90. The minimum absolute atomic E-state index is 0.0351. The Bertz CT molecular complexity index is 606. The average molecular weight is 352 g/mol. The Balaban J connectivity index is 1.69. The zero-order valence-corrected chi connectivity index (χ0v) is 13.5. The third-order valence-electron chi connectivity index (χ3n) is 4.96. The standard InChI is InChI=1S/C16H18BrNO3/c1-10-3-2-4-11(13(10)17)14(19)18-7-5-16(6-8-18)9-12(16)15(20)21/h2-4,12H,5-9H2,1H3,(H,20,21). The van der Waals surface area contributed by atoms with E-state index < -0.39 is 5.97 Å². The van der Waals surface area contributed by atoms with Gasteiger partial charge in [-0.25, -0.2) is 0 Å². The van der Waals surface area contributed by atoms with E-state index >= 15 is 0 Å². The first-order valence-electron chi connectivity index (χ1n) is 7.22. The van der Waals surface area contributed by atoms with Gasteiger partial charge in [0, 0.05) is 17.6 Å². The van der Waals surface area contributed by atoms with Crippen LogP contribution in [-0.4, -0.2) is 35.0 Å². The average Bonchev–Trinajstić information content (AvgIpc) is 3.16. The van der Waals surface area contributed by atoms with Crippen molar-refractivity contribution in [1.29, 1.82) is 0 Å². The first kappa shape index (κ1) is 14.6. The molecule has 0 bridgehead atoms. The lowest BCUT2D eigenvalue weighted by molar-refractivity contribution is -0.139. The summed E-state index contributed by atoms with van der Waals surface area (Å²) in [6.07, 6.45) is 2.39. The van der Waals surface area contributed by atoms with Gasteiger partial charge < -0.3 is 10.0 Å². The molecule has 1 aromatic carbocycles. The van der Waals surface area contributed by atoms with E-state index in [4.69, 9.17) is 5.11 Å². The molecular weight excluding hydrogens is 334 g/mol. The van der Waals surface area contributed by atoms with E-state index in [0.717, 1.165) is 29.3 Å². The van der Waals surface area contributed by atoms with E-state index in [1.54, 1.807) is 0 Å². The molecule has 1 N–H and O–H groups in total. The quantitative estimate of drug-likeness (QED) is 0.890. The molecule has 1 aromatic rings. The molecule has 1 aliphatic carbocycles. The van der Waals surface area contributed by atoms with Crippen LogP contribution in [-0.2, 0) is 4.79 Å². The molecular formula is C16H18BrNO3. The number of hydrogen-bond acceptors (Lipinski definition) is 2. The summed E-state index contributed by atoms with van der Waals surface area (Å²) < 4.78 is 0.852. The van der Waals surface area contributed by atoms with Crippen LogP contribution in [0.25, 0.3) is 0 Å². The van der Waals surface area contributed by atoms with Crippen molar-refractivity contribution in [3.05, 3.63) is 33.8 Å². The summed E-state index contributed by atoms with van der Waals surface area (Å²) in [5, 5.41) is 9.10. The molecule has 5 heteroatoms. The maximum absolute atomic E-state index is 12.6. The van der Waals surface area contributed by atoms with Gasteiger partial charge in [0.05, 0.1) is 11.5 Å². The molecule has 4 nitrogen and oxygen atoms in total. The van der Waals surface area contributed by atoms with E-state index in [-0.39, 0.29) is 17.2 Å². The molecule has 21 heavy (non-hydrogen) atoms. The monoisotopic (exact) mass is 351 g/mol. The maximum Gasteiger partial charge on any atom is 0.307 e. The number of hydrogen-bond donors (Lipinski definition) is 1. The van der Waals surface area contributed by atoms with E-state index in [1.165, 1.54) is 0 Å². The molecule has 1 aliphatic heterocycles. The Kier molecular flexibility index (Phi) is 3.56. The summed E-state index contributed by atoms with van der Waals surface area (Å²) in [6.45, 7) is 3.28. The molecule has 3 rings (SSSR count). The summed E-state index contributed by atoms with van der Waals surface area (Å²) in [5.41, 5.74) is 1.70. The number of carboxylic acid groups (broad SMARTS) is 1. The molecule has 1 spiro atoms. The van der Waals surface area contributed by atoms with Gasteiger partial charge in [-0.3, -0.25) is 9.59 Å². The fourth-order valence-electron chi connectivity index (χ4n) is 3.39. The SMILES string of the molecule is Cc1cccc(C(=O)N2CCC3(CC2)CC3C(=O)O)c1Br. The predicted molar refractivity (Wildman–Crippen MR) is 82.2 cm³/mol. The van der Waals surface area contributed by atoms with Crippen LogP contribution in [0, 0.1) is 18.3 Å². The lowest BCUT2D eigenvalue weighted by Crippen LogP contribution is -2.40. The highest BCUT2D eigenvalue weighted by Crippen LogP contribution is 2.59. The van der Waals surface area contributed by atoms with E-state index in [1.807, 2.05) is 30.0 Å². The van der Waals surface area contributed by atoms with Gasteiger partial charge in [-0.05, 0) is 59.2 Å². The number of carbonyl (C=O) groups excluding carboxylic acids is 1. The molecule has 1 saturated heterocycles. The lowest BCUT2D eigenvalue weighted by Gasteiger charge is -2.33. The number of rotatable bonds is 2. The van der Waals surface area contributed by atoms with E-state index in [9.17, 15) is 9.59 Å². The summed E-state index contributed by atoms with van der Waals surface area (Å²) in [5.74, 6) is -0.843. The minimum Gasteiger partial charge on any atom is -0.481 e. The Morgan fingerprint density at radius 2 is 2.00 bits per heavy atom. The summed E-state index contributed by atoms with van der Waals surface area (Å²) in [4.78, 5) is 25.5. The van der Waals surface area contributed by atoms with Crippen LogP contribution in [0.5, 0.6) is 0 Å². The van der Waals surface area contributed by atoms with Crippen molar-refractivity contribution in [2.45, 2.75) is 26.2 Å². The van der Waals surface area contributed by atoms with Crippen molar-refractivity contribution in [3.63, 3.8) is 0 Å². The van der Waals surface area contributed by atoms with Crippen molar-refractivity contribution in [2.24, 2.45) is 11.3 Å². The number of piperidine rings is 1. The predicted octanol–water partition coefficient (Wildman–Crippen LogP) is 3.08. The zero-order chi connectivity index (χ0) is 15.2. The highest BCUT2D eigenvalue weighted by Gasteiger charge is 2.59. The van der Waals surface area contributed by atoms with Crippen LogP contribution in [0.3, 0.4) is 0 Å². The summed E-state index contributed by atoms with van der Waals surface area (Å²) in [6, 6.07) is 5.69. The van der Waals surface area contributed by atoms with Crippen molar-refractivity contribution in [1.82, 2.24) is 4.90 Å². The van der Waals surface area contributed by atoms with Crippen molar-refractivity contribution < 1.29 is 14.7 Å². The minimum atomic E-state index is -0.684. The number of carboxylic acids is 1. The molecule has 112 valence electrons. The topological polar surface area (TPSA) is 57.6 Å². The van der Waals surface area contributed by atoms with Gasteiger partial charge in [-0.1, -0.05) is 12.1 Å². The molecule has 0 aromatic heterocycles. The number of aliphatic carboxylic acids is 1. The van der Waals surface area contributed by atoms with E-state index in [0.29, 0.717) is 18.7 Å². The Morgan fingerprint density at radius 1 is 1.33 bits per heavy atom. The fourth-order valence-corrected chi connectivity index (χ4v) is 3.82. The maximum atomic E-state index is 12.6. The van der Waals surface area contributed by atoms with Crippen LogP contribution >= 0.6 is 15.9 Å². The van der Waals surface area contributed by atoms with Crippen LogP contribution in [0.2, 0.25) is 0 Å². The normalized spacial score (nSPS) is 23.1. The second-order valence-corrected chi connectivity index (χ2v) is 6.98. The Morgan fingerprint density at radius 3 is 2.57 bits per heavy atom. The number of benzene rings is 1. The van der Waals surface area contributed by atoms with Gasteiger partial charge in [-0.2, -0.15) is 0 Å². The second kappa shape index (κ2) is 5.13. The second-order valence-electron chi connectivity index (χ2n) is 6.19. The first-order valence-corrected chi connectivity index (χ1v) is 8.01. The highest BCUT2D eigenvalue weighted by atomic mass is 79.9. The summed E-state index contributed by atoms with van der Waals surface area (Å²) in [7, 11) is 0. The van der Waals surface area contributed by atoms with E-state index in [2.05, 4.69) is 15.9 Å². The van der Waals surface area contributed by atoms with Crippen LogP contribution in [0.4, 0.5) is 0 Å². The fraction of sp³-hybridized carbons (Fsp3) is 0.500. The Labute approximate surface area is 132 Å². The molecule has 1 saturated carbocycles. The first-order chi connectivity index (χ1) is 9.94. The van der Waals surface area contributed by atoms with Gasteiger partial charge in [0.25, 0.3) is 5.91 Å². The zero-order valence-electron chi connectivity index (χ0n) is 11.9.